The van der Waals surface area contributed by atoms with Crippen LogP contribution in [0, 0.1) is 5.92 Å². The standard InChI is InChI=1S/C14H25N3O2S/c1-10(2)17-20(18,19)14-7-5-13(6-8-14)16-12(4)11(3)9-15/h5-8,10-12,16-17H,9,15H2,1-4H3. The van der Waals surface area contributed by atoms with Crippen LogP contribution in [0.4, 0.5) is 5.69 Å². The van der Waals surface area contributed by atoms with Crippen molar-refractivity contribution in [1.82, 2.24) is 4.72 Å². The van der Waals surface area contributed by atoms with Gasteiger partial charge < -0.3 is 11.1 Å². The molecule has 1 rings (SSSR count). The molecule has 0 saturated heterocycles. The highest BCUT2D eigenvalue weighted by Gasteiger charge is 2.15. The smallest absolute Gasteiger partial charge is 0.240 e. The van der Waals surface area contributed by atoms with Crippen molar-refractivity contribution in [3.63, 3.8) is 0 Å². The third-order valence-electron chi connectivity index (χ3n) is 3.18. The molecule has 4 N–H and O–H groups in total. The SMILES string of the molecule is CC(C)NS(=O)(=O)c1ccc(NC(C)C(C)CN)cc1. The molecule has 6 heteroatoms. The van der Waals surface area contributed by atoms with Crippen LogP contribution in [-0.4, -0.2) is 27.0 Å². The van der Waals surface area contributed by atoms with E-state index in [0.717, 1.165) is 5.69 Å². The minimum atomic E-state index is -3.42. The van der Waals surface area contributed by atoms with Crippen molar-refractivity contribution < 1.29 is 8.42 Å². The second-order valence-electron chi connectivity index (χ2n) is 5.45. The van der Waals surface area contributed by atoms with E-state index in [2.05, 4.69) is 23.9 Å². The van der Waals surface area contributed by atoms with E-state index in [1.807, 2.05) is 0 Å². The number of nitrogens with one attached hydrogen (secondary N) is 2. The molecule has 0 amide bonds. The number of sulfonamides is 1. The van der Waals surface area contributed by atoms with E-state index < -0.39 is 10.0 Å². The van der Waals surface area contributed by atoms with Crippen molar-refractivity contribution >= 4 is 15.7 Å². The van der Waals surface area contributed by atoms with Gasteiger partial charge >= 0.3 is 0 Å². The molecule has 0 bridgehead atoms. The fourth-order valence-corrected chi connectivity index (χ4v) is 2.97. The summed E-state index contributed by atoms with van der Waals surface area (Å²) in [6.07, 6.45) is 0. The Labute approximate surface area is 122 Å². The minimum Gasteiger partial charge on any atom is -0.382 e. The van der Waals surface area contributed by atoms with Crippen molar-refractivity contribution in [3.8, 4) is 0 Å². The van der Waals surface area contributed by atoms with Gasteiger partial charge in [-0.25, -0.2) is 13.1 Å². The fraction of sp³-hybridized carbons (Fsp3) is 0.571. The molecule has 0 saturated carbocycles. The van der Waals surface area contributed by atoms with Gasteiger partial charge in [0, 0.05) is 17.8 Å². The minimum absolute atomic E-state index is 0.122. The van der Waals surface area contributed by atoms with Gasteiger partial charge in [0.25, 0.3) is 0 Å². The summed E-state index contributed by atoms with van der Waals surface area (Å²) in [6.45, 7) is 8.33. The molecule has 5 nitrogen and oxygen atoms in total. The van der Waals surface area contributed by atoms with Crippen LogP contribution in [0.25, 0.3) is 0 Å². The number of hydrogen-bond acceptors (Lipinski definition) is 4. The van der Waals surface area contributed by atoms with Crippen LogP contribution in [0.15, 0.2) is 29.2 Å². The summed E-state index contributed by atoms with van der Waals surface area (Å²) in [7, 11) is -3.42. The Morgan fingerprint density at radius 1 is 1.10 bits per heavy atom. The second-order valence-corrected chi connectivity index (χ2v) is 7.16. The predicted octanol–water partition coefficient (Wildman–Crippen LogP) is 1.77. The van der Waals surface area contributed by atoms with Gasteiger partial charge in [-0.3, -0.25) is 0 Å². The summed E-state index contributed by atoms with van der Waals surface area (Å²) in [4.78, 5) is 0.274. The Morgan fingerprint density at radius 2 is 1.65 bits per heavy atom. The van der Waals surface area contributed by atoms with E-state index in [9.17, 15) is 8.42 Å². The summed E-state index contributed by atoms with van der Waals surface area (Å²) in [5, 5.41) is 3.32. The molecular weight excluding hydrogens is 274 g/mol. The van der Waals surface area contributed by atoms with E-state index in [1.54, 1.807) is 38.1 Å². The summed E-state index contributed by atoms with van der Waals surface area (Å²) in [5.74, 6) is 0.348. The van der Waals surface area contributed by atoms with Gasteiger partial charge in [-0.1, -0.05) is 6.92 Å². The van der Waals surface area contributed by atoms with Gasteiger partial charge in [-0.05, 0) is 57.5 Å². The van der Waals surface area contributed by atoms with Gasteiger partial charge in [0.05, 0.1) is 4.90 Å². The zero-order valence-electron chi connectivity index (χ0n) is 12.6. The maximum atomic E-state index is 12.0. The molecule has 0 aromatic heterocycles. The van der Waals surface area contributed by atoms with Crippen molar-refractivity contribution in [1.29, 1.82) is 0 Å². The second kappa shape index (κ2) is 7.06. The lowest BCUT2D eigenvalue weighted by Gasteiger charge is -2.21. The molecule has 2 unspecified atom stereocenters. The highest BCUT2D eigenvalue weighted by molar-refractivity contribution is 7.89. The number of rotatable bonds is 7. The monoisotopic (exact) mass is 299 g/mol. The van der Waals surface area contributed by atoms with Crippen molar-refractivity contribution in [2.24, 2.45) is 11.7 Å². The molecular formula is C14H25N3O2S. The summed E-state index contributed by atoms with van der Waals surface area (Å²) in [6, 6.07) is 6.86. The van der Waals surface area contributed by atoms with Crippen molar-refractivity contribution in [2.75, 3.05) is 11.9 Å². The molecule has 114 valence electrons. The first kappa shape index (κ1) is 16.9. The van der Waals surface area contributed by atoms with E-state index in [1.165, 1.54) is 0 Å². The van der Waals surface area contributed by atoms with E-state index in [-0.39, 0.29) is 17.0 Å². The van der Waals surface area contributed by atoms with Crippen LogP contribution < -0.4 is 15.8 Å². The molecule has 1 aromatic carbocycles. The molecule has 0 radical (unpaired) electrons. The maximum Gasteiger partial charge on any atom is 0.240 e. The molecule has 0 spiro atoms. The molecule has 0 aliphatic rings. The lowest BCUT2D eigenvalue weighted by molar-refractivity contribution is 0.521. The maximum absolute atomic E-state index is 12.0. The van der Waals surface area contributed by atoms with Crippen LogP contribution in [0.3, 0.4) is 0 Å². The van der Waals surface area contributed by atoms with Gasteiger partial charge in [-0.15, -0.1) is 0 Å². The number of hydrogen-bond donors (Lipinski definition) is 3. The third kappa shape index (κ3) is 4.77. The van der Waals surface area contributed by atoms with Crippen LogP contribution in [0.1, 0.15) is 27.7 Å². The number of nitrogens with two attached hydrogens (primary N) is 1. The van der Waals surface area contributed by atoms with Gasteiger partial charge in [0.2, 0.25) is 10.0 Å². The topological polar surface area (TPSA) is 84.2 Å². The van der Waals surface area contributed by atoms with Gasteiger partial charge in [0.1, 0.15) is 0 Å². The Morgan fingerprint density at radius 3 is 2.10 bits per heavy atom. The average Bonchev–Trinajstić information content (AvgIpc) is 2.36. The molecule has 2 atom stereocenters. The summed E-state index contributed by atoms with van der Waals surface area (Å²) < 4.78 is 26.5. The molecule has 0 heterocycles. The first-order valence-electron chi connectivity index (χ1n) is 6.85. The largest absolute Gasteiger partial charge is 0.382 e. The first-order valence-corrected chi connectivity index (χ1v) is 8.33. The van der Waals surface area contributed by atoms with Gasteiger partial charge in [-0.2, -0.15) is 0 Å². The molecule has 0 fully saturated rings. The normalized spacial score (nSPS) is 15.1. The van der Waals surface area contributed by atoms with Crippen LogP contribution >= 0.6 is 0 Å². The Kier molecular flexibility index (Phi) is 5.98. The molecule has 1 aromatic rings. The van der Waals surface area contributed by atoms with E-state index >= 15 is 0 Å². The molecule has 0 aliphatic carbocycles. The molecule has 0 aliphatic heterocycles. The Balaban J connectivity index is 2.79. The van der Waals surface area contributed by atoms with E-state index in [0.29, 0.717) is 12.5 Å². The zero-order valence-corrected chi connectivity index (χ0v) is 13.4. The fourth-order valence-electron chi connectivity index (χ4n) is 1.72. The third-order valence-corrected chi connectivity index (χ3v) is 4.85. The zero-order chi connectivity index (χ0) is 15.3. The van der Waals surface area contributed by atoms with Crippen LogP contribution in [-0.2, 0) is 10.0 Å². The number of benzene rings is 1. The Bertz CT molecular complexity index is 512. The van der Waals surface area contributed by atoms with Crippen molar-refractivity contribution in [2.45, 2.75) is 44.7 Å². The van der Waals surface area contributed by atoms with Crippen LogP contribution in [0.5, 0.6) is 0 Å². The summed E-state index contributed by atoms with van der Waals surface area (Å²) >= 11 is 0. The highest BCUT2D eigenvalue weighted by atomic mass is 32.2. The first-order chi connectivity index (χ1) is 9.26. The summed E-state index contributed by atoms with van der Waals surface area (Å²) in [5.41, 5.74) is 6.52. The average molecular weight is 299 g/mol. The number of anilines is 1. The van der Waals surface area contributed by atoms with Gasteiger partial charge in [0.15, 0.2) is 0 Å². The van der Waals surface area contributed by atoms with E-state index in [4.69, 9.17) is 5.73 Å². The predicted molar refractivity (Wildman–Crippen MR) is 83.2 cm³/mol. The lowest BCUT2D eigenvalue weighted by atomic mass is 10.0. The lowest BCUT2D eigenvalue weighted by Crippen LogP contribution is -2.30. The quantitative estimate of drug-likeness (QED) is 0.716. The molecule has 20 heavy (non-hydrogen) atoms. The highest BCUT2D eigenvalue weighted by Crippen LogP contribution is 2.16. The van der Waals surface area contributed by atoms with Crippen molar-refractivity contribution in [3.05, 3.63) is 24.3 Å². The Hall–Kier alpha value is -1.11. The van der Waals surface area contributed by atoms with Crippen LogP contribution in [0.2, 0.25) is 0 Å².